The van der Waals surface area contributed by atoms with Gasteiger partial charge in [0.25, 0.3) is 0 Å². The fraction of sp³-hybridized carbons (Fsp3) is 0.333. The molecule has 4 nitrogen and oxygen atoms in total. The minimum atomic E-state index is -0.634. The maximum absolute atomic E-state index is 12.9. The van der Waals surface area contributed by atoms with E-state index >= 15 is 0 Å². The van der Waals surface area contributed by atoms with Gasteiger partial charge in [0.1, 0.15) is 11.6 Å². The summed E-state index contributed by atoms with van der Waals surface area (Å²) in [4.78, 5) is 24.1. The molecule has 0 bridgehead atoms. The molecule has 0 aromatic heterocycles. The van der Waals surface area contributed by atoms with Crippen LogP contribution < -0.4 is 4.74 Å². The Hall–Kier alpha value is -2.53. The van der Waals surface area contributed by atoms with Gasteiger partial charge in [-0.2, -0.15) is 0 Å². The second kappa shape index (κ2) is 9.82. The molecule has 0 aliphatic heterocycles. The maximum Gasteiger partial charge on any atom is 0.343 e. The molecule has 2 aromatic rings. The number of hydrogen-bond donors (Lipinski definition) is 1. The molecule has 0 saturated carbocycles. The summed E-state index contributed by atoms with van der Waals surface area (Å²) in [6, 6.07) is 11.2. The standard InChI is InChI=1S/C21H23FO4/c1-2-3-4-5-18(23)14-20(24)15-8-12-19(13-9-15)26-21(25)16-6-10-17(22)11-7-16/h6-13,18,23H,2-5,14H2,1H3. The molecule has 0 radical (unpaired) electrons. The number of rotatable bonds is 9. The smallest absolute Gasteiger partial charge is 0.343 e. The minimum Gasteiger partial charge on any atom is -0.423 e. The highest BCUT2D eigenvalue weighted by molar-refractivity contribution is 5.96. The first-order valence-corrected chi connectivity index (χ1v) is 8.78. The minimum absolute atomic E-state index is 0.0818. The van der Waals surface area contributed by atoms with E-state index in [0.717, 1.165) is 19.3 Å². The van der Waals surface area contributed by atoms with Crippen LogP contribution in [0.15, 0.2) is 48.5 Å². The van der Waals surface area contributed by atoms with E-state index in [9.17, 15) is 19.1 Å². The van der Waals surface area contributed by atoms with E-state index < -0.39 is 17.9 Å². The number of Topliss-reactive ketones (excluding diaryl/α,β-unsaturated/α-hetero) is 1. The number of halogens is 1. The molecule has 0 aliphatic carbocycles. The van der Waals surface area contributed by atoms with Gasteiger partial charge in [0.2, 0.25) is 0 Å². The molecular weight excluding hydrogens is 335 g/mol. The number of hydrogen-bond acceptors (Lipinski definition) is 4. The van der Waals surface area contributed by atoms with Gasteiger partial charge in [0, 0.05) is 12.0 Å². The van der Waals surface area contributed by atoms with Crippen molar-refractivity contribution >= 4 is 11.8 Å². The van der Waals surface area contributed by atoms with Crippen molar-refractivity contribution in [3.8, 4) is 5.75 Å². The van der Waals surface area contributed by atoms with Crippen molar-refractivity contribution in [2.75, 3.05) is 0 Å². The number of benzene rings is 2. The normalized spacial score (nSPS) is 11.8. The SMILES string of the molecule is CCCCCC(O)CC(=O)c1ccc(OC(=O)c2ccc(F)cc2)cc1. The molecule has 1 atom stereocenters. The lowest BCUT2D eigenvalue weighted by Gasteiger charge is -2.10. The van der Waals surface area contributed by atoms with Gasteiger partial charge in [-0.1, -0.05) is 26.2 Å². The zero-order chi connectivity index (χ0) is 18.9. The Labute approximate surface area is 152 Å². The van der Waals surface area contributed by atoms with Crippen molar-refractivity contribution in [3.05, 3.63) is 65.5 Å². The highest BCUT2D eigenvalue weighted by Gasteiger charge is 2.14. The van der Waals surface area contributed by atoms with Gasteiger partial charge in [-0.15, -0.1) is 0 Å². The van der Waals surface area contributed by atoms with Crippen molar-refractivity contribution in [1.29, 1.82) is 0 Å². The van der Waals surface area contributed by atoms with Gasteiger partial charge in [-0.3, -0.25) is 4.79 Å². The number of ether oxygens (including phenoxy) is 1. The summed E-state index contributed by atoms with van der Waals surface area (Å²) in [7, 11) is 0. The Morgan fingerprint density at radius 2 is 1.62 bits per heavy atom. The van der Waals surface area contributed by atoms with Crippen molar-refractivity contribution < 1.29 is 23.8 Å². The lowest BCUT2D eigenvalue weighted by Crippen LogP contribution is -2.13. The van der Waals surface area contributed by atoms with Crippen LogP contribution >= 0.6 is 0 Å². The third-order valence-corrected chi connectivity index (χ3v) is 4.03. The van der Waals surface area contributed by atoms with Gasteiger partial charge in [-0.25, -0.2) is 9.18 Å². The monoisotopic (exact) mass is 358 g/mol. The molecule has 5 heteroatoms. The number of aliphatic hydroxyl groups excluding tert-OH is 1. The topological polar surface area (TPSA) is 63.6 Å². The summed E-state index contributed by atoms with van der Waals surface area (Å²) >= 11 is 0. The highest BCUT2D eigenvalue weighted by Crippen LogP contribution is 2.17. The first-order chi connectivity index (χ1) is 12.5. The van der Waals surface area contributed by atoms with E-state index in [4.69, 9.17) is 4.74 Å². The van der Waals surface area contributed by atoms with Crippen molar-refractivity contribution in [2.24, 2.45) is 0 Å². The molecule has 0 spiro atoms. The summed E-state index contributed by atoms with van der Waals surface area (Å²) in [6.45, 7) is 2.09. The molecule has 2 rings (SSSR count). The molecule has 1 N–H and O–H groups in total. The molecule has 26 heavy (non-hydrogen) atoms. The van der Waals surface area contributed by atoms with E-state index in [1.54, 1.807) is 12.1 Å². The molecule has 1 unspecified atom stereocenters. The van der Waals surface area contributed by atoms with Crippen LogP contribution in [0.3, 0.4) is 0 Å². The second-order valence-electron chi connectivity index (χ2n) is 6.20. The van der Waals surface area contributed by atoms with Crippen LogP contribution in [0.1, 0.15) is 59.7 Å². The number of carbonyl (C=O) groups excluding carboxylic acids is 2. The predicted octanol–water partition coefficient (Wildman–Crippen LogP) is 4.56. The largest absolute Gasteiger partial charge is 0.423 e. The van der Waals surface area contributed by atoms with E-state index in [-0.39, 0.29) is 17.8 Å². The fourth-order valence-electron chi connectivity index (χ4n) is 2.52. The Kier molecular flexibility index (Phi) is 7.48. The zero-order valence-corrected chi connectivity index (χ0v) is 14.8. The zero-order valence-electron chi connectivity index (χ0n) is 14.8. The number of aliphatic hydroxyl groups is 1. The summed E-state index contributed by atoms with van der Waals surface area (Å²) in [5.74, 6) is -0.888. The molecule has 0 heterocycles. The summed E-state index contributed by atoms with van der Waals surface area (Å²) in [5.41, 5.74) is 0.697. The van der Waals surface area contributed by atoms with E-state index in [0.29, 0.717) is 17.7 Å². The first-order valence-electron chi connectivity index (χ1n) is 8.78. The highest BCUT2D eigenvalue weighted by atomic mass is 19.1. The number of carbonyl (C=O) groups is 2. The molecule has 0 amide bonds. The van der Waals surface area contributed by atoms with Crippen LogP contribution in [0.2, 0.25) is 0 Å². The Morgan fingerprint density at radius 3 is 2.23 bits per heavy atom. The van der Waals surface area contributed by atoms with Crippen LogP contribution in [-0.4, -0.2) is 23.0 Å². The van der Waals surface area contributed by atoms with Crippen LogP contribution in [0.4, 0.5) is 4.39 Å². The Balaban J connectivity index is 1.89. The number of esters is 1. The van der Waals surface area contributed by atoms with Crippen LogP contribution in [0, 0.1) is 5.82 Å². The van der Waals surface area contributed by atoms with Gasteiger partial charge in [0.15, 0.2) is 5.78 Å². The second-order valence-corrected chi connectivity index (χ2v) is 6.20. The summed E-state index contributed by atoms with van der Waals surface area (Å²) in [6.07, 6.45) is 3.08. The van der Waals surface area contributed by atoms with Crippen LogP contribution in [0.5, 0.6) is 5.75 Å². The molecule has 0 saturated heterocycles. The number of ketones is 1. The fourth-order valence-corrected chi connectivity index (χ4v) is 2.52. The lowest BCUT2D eigenvalue weighted by atomic mass is 10.0. The molecule has 2 aromatic carbocycles. The van der Waals surface area contributed by atoms with E-state index in [1.165, 1.54) is 36.4 Å². The summed E-state index contributed by atoms with van der Waals surface area (Å²) < 4.78 is 18.1. The summed E-state index contributed by atoms with van der Waals surface area (Å²) in [5, 5.41) is 9.91. The van der Waals surface area contributed by atoms with Crippen LogP contribution in [-0.2, 0) is 0 Å². The third kappa shape index (κ3) is 6.08. The van der Waals surface area contributed by atoms with Crippen molar-refractivity contribution in [3.63, 3.8) is 0 Å². The van der Waals surface area contributed by atoms with Gasteiger partial charge in [0.05, 0.1) is 11.7 Å². The average Bonchev–Trinajstić information content (AvgIpc) is 2.63. The Bertz CT molecular complexity index is 723. The molecule has 0 aliphatic rings. The average molecular weight is 358 g/mol. The van der Waals surface area contributed by atoms with Gasteiger partial charge in [-0.05, 0) is 55.0 Å². The van der Waals surface area contributed by atoms with Crippen molar-refractivity contribution in [1.82, 2.24) is 0 Å². The predicted molar refractivity (Wildman–Crippen MR) is 96.9 cm³/mol. The number of unbranched alkanes of at least 4 members (excludes halogenated alkanes) is 2. The third-order valence-electron chi connectivity index (χ3n) is 4.03. The molecule has 138 valence electrons. The molecular formula is C21H23FO4. The van der Waals surface area contributed by atoms with Gasteiger partial charge < -0.3 is 9.84 Å². The van der Waals surface area contributed by atoms with Gasteiger partial charge >= 0.3 is 5.97 Å². The Morgan fingerprint density at radius 1 is 1.00 bits per heavy atom. The van der Waals surface area contributed by atoms with Crippen LogP contribution in [0.25, 0.3) is 0 Å². The van der Waals surface area contributed by atoms with E-state index in [2.05, 4.69) is 6.92 Å². The van der Waals surface area contributed by atoms with Crippen molar-refractivity contribution in [2.45, 2.75) is 45.1 Å². The quantitative estimate of drug-likeness (QED) is 0.309. The molecule has 0 fully saturated rings. The maximum atomic E-state index is 12.9. The lowest BCUT2D eigenvalue weighted by molar-refractivity contribution is 0.0734. The van der Waals surface area contributed by atoms with E-state index in [1.807, 2.05) is 0 Å². The first kappa shape index (κ1) is 19.8.